The fourth-order valence-electron chi connectivity index (χ4n) is 1.46. The van der Waals surface area contributed by atoms with Gasteiger partial charge in [0.05, 0.1) is 0 Å². The summed E-state index contributed by atoms with van der Waals surface area (Å²) in [7, 11) is 0. The topological polar surface area (TPSA) is 92.9 Å². The van der Waals surface area contributed by atoms with Gasteiger partial charge in [-0.25, -0.2) is 4.98 Å². The largest absolute Gasteiger partial charge is 0.383 e. The van der Waals surface area contributed by atoms with E-state index in [-0.39, 0.29) is 5.91 Å². The van der Waals surface area contributed by atoms with Crippen LogP contribution in [0.15, 0.2) is 34.9 Å². The minimum absolute atomic E-state index is 0.108. The van der Waals surface area contributed by atoms with Gasteiger partial charge in [0.1, 0.15) is 10.4 Å². The van der Waals surface area contributed by atoms with Crippen LogP contribution in [0.4, 0.5) is 23.1 Å². The van der Waals surface area contributed by atoms with Gasteiger partial charge in [-0.15, -0.1) is 0 Å². The highest BCUT2D eigenvalue weighted by atomic mass is 79.9. The van der Waals surface area contributed by atoms with Gasteiger partial charge in [0.2, 0.25) is 11.9 Å². The molecule has 0 atom stereocenters. The van der Waals surface area contributed by atoms with E-state index >= 15 is 0 Å². The monoisotopic (exact) mass is 321 g/mol. The molecule has 2 aromatic rings. The van der Waals surface area contributed by atoms with Gasteiger partial charge in [0.25, 0.3) is 0 Å². The van der Waals surface area contributed by atoms with Crippen molar-refractivity contribution in [2.24, 2.45) is 0 Å². The van der Waals surface area contributed by atoms with Gasteiger partial charge in [-0.3, -0.25) is 4.79 Å². The third kappa shape index (κ3) is 3.92. The molecule has 0 bridgehead atoms. The molecule has 0 aliphatic rings. The highest BCUT2D eigenvalue weighted by Gasteiger charge is 2.02. The number of hydrogen-bond donors (Lipinski definition) is 3. The lowest BCUT2D eigenvalue weighted by Gasteiger charge is -2.07. The number of aromatic nitrogens is 2. The fourth-order valence-corrected chi connectivity index (χ4v) is 1.86. The van der Waals surface area contributed by atoms with Gasteiger partial charge in [-0.05, 0) is 40.2 Å². The molecule has 0 fully saturated rings. The molecule has 0 saturated carbocycles. The second kappa shape index (κ2) is 5.66. The van der Waals surface area contributed by atoms with E-state index in [1.807, 2.05) is 12.1 Å². The second-order valence-corrected chi connectivity index (χ2v) is 4.64. The molecule has 0 radical (unpaired) electrons. The number of nitrogens with zero attached hydrogens (tertiary/aromatic N) is 2. The van der Waals surface area contributed by atoms with E-state index in [1.165, 1.54) is 6.92 Å². The highest BCUT2D eigenvalue weighted by Crippen LogP contribution is 2.19. The number of nitrogens with two attached hydrogens (primary N) is 1. The van der Waals surface area contributed by atoms with Crippen LogP contribution in [0, 0.1) is 0 Å². The number of nitrogen functional groups attached to an aromatic ring is 1. The molecule has 7 heteroatoms. The number of rotatable bonds is 3. The Morgan fingerprint density at radius 1 is 1.21 bits per heavy atom. The van der Waals surface area contributed by atoms with Crippen LogP contribution in [0.1, 0.15) is 6.92 Å². The summed E-state index contributed by atoms with van der Waals surface area (Å²) in [5, 5.41) is 5.71. The second-order valence-electron chi connectivity index (χ2n) is 3.82. The summed E-state index contributed by atoms with van der Waals surface area (Å²) in [4.78, 5) is 19.1. The SMILES string of the molecule is CC(=O)Nc1ccc(Nc2nc(N)cc(Br)n2)cc1. The Hall–Kier alpha value is -2.15. The van der Waals surface area contributed by atoms with Crippen LogP contribution >= 0.6 is 15.9 Å². The predicted octanol–water partition coefficient (Wildman–Crippen LogP) is 2.52. The van der Waals surface area contributed by atoms with Crippen molar-refractivity contribution < 1.29 is 4.79 Å². The minimum atomic E-state index is -0.108. The maximum absolute atomic E-state index is 10.9. The standard InChI is InChI=1S/C12H12BrN5O/c1-7(19)15-8-2-4-9(5-3-8)16-12-17-10(13)6-11(14)18-12/h2-6H,1H3,(H,15,19)(H3,14,16,17,18). The van der Waals surface area contributed by atoms with E-state index in [2.05, 4.69) is 36.5 Å². The van der Waals surface area contributed by atoms with Crippen LogP contribution < -0.4 is 16.4 Å². The third-order valence-corrected chi connectivity index (χ3v) is 2.58. The van der Waals surface area contributed by atoms with E-state index in [0.29, 0.717) is 16.4 Å². The Bertz CT molecular complexity index is 579. The number of anilines is 4. The van der Waals surface area contributed by atoms with Crippen molar-refractivity contribution in [1.82, 2.24) is 9.97 Å². The van der Waals surface area contributed by atoms with Gasteiger partial charge in [-0.2, -0.15) is 4.98 Å². The zero-order valence-electron chi connectivity index (χ0n) is 10.1. The van der Waals surface area contributed by atoms with Crippen LogP contribution in [-0.4, -0.2) is 15.9 Å². The van der Waals surface area contributed by atoms with Crippen molar-refractivity contribution in [3.8, 4) is 0 Å². The van der Waals surface area contributed by atoms with Crippen LogP contribution in [0.5, 0.6) is 0 Å². The zero-order valence-corrected chi connectivity index (χ0v) is 11.7. The molecule has 4 N–H and O–H groups in total. The molecule has 6 nitrogen and oxygen atoms in total. The summed E-state index contributed by atoms with van der Waals surface area (Å²) in [6.07, 6.45) is 0. The molecule has 98 valence electrons. The van der Waals surface area contributed by atoms with Crippen molar-refractivity contribution in [2.75, 3.05) is 16.4 Å². The molecule has 1 aromatic heterocycles. The summed E-state index contributed by atoms with van der Waals surface area (Å²) in [6.45, 7) is 1.46. The summed E-state index contributed by atoms with van der Waals surface area (Å²) in [5.41, 5.74) is 7.15. The zero-order chi connectivity index (χ0) is 13.8. The van der Waals surface area contributed by atoms with E-state index in [0.717, 1.165) is 11.4 Å². The molecule has 0 spiro atoms. The first-order valence-corrected chi connectivity index (χ1v) is 6.27. The Morgan fingerprint density at radius 3 is 2.42 bits per heavy atom. The van der Waals surface area contributed by atoms with Crippen molar-refractivity contribution >= 4 is 45.0 Å². The lowest BCUT2D eigenvalue weighted by molar-refractivity contribution is -0.114. The van der Waals surface area contributed by atoms with Gasteiger partial charge in [0, 0.05) is 24.4 Å². The lowest BCUT2D eigenvalue weighted by Crippen LogP contribution is -2.05. The quantitative estimate of drug-likeness (QED) is 0.755. The van der Waals surface area contributed by atoms with E-state index in [1.54, 1.807) is 18.2 Å². The molecule has 0 aliphatic heterocycles. The van der Waals surface area contributed by atoms with Crippen molar-refractivity contribution in [3.05, 3.63) is 34.9 Å². The van der Waals surface area contributed by atoms with Crippen LogP contribution in [-0.2, 0) is 4.79 Å². The first-order valence-electron chi connectivity index (χ1n) is 5.47. The smallest absolute Gasteiger partial charge is 0.230 e. The average molecular weight is 322 g/mol. The van der Waals surface area contributed by atoms with Gasteiger partial charge >= 0.3 is 0 Å². The summed E-state index contributed by atoms with van der Waals surface area (Å²) < 4.78 is 0.609. The Kier molecular flexibility index (Phi) is 3.96. The van der Waals surface area contributed by atoms with E-state index in [9.17, 15) is 4.79 Å². The lowest BCUT2D eigenvalue weighted by atomic mass is 10.3. The molecule has 1 heterocycles. The van der Waals surface area contributed by atoms with Crippen LogP contribution in [0.2, 0.25) is 0 Å². The number of amides is 1. The molecule has 1 amide bonds. The number of carbonyl (C=O) groups excluding carboxylic acids is 1. The first-order chi connectivity index (χ1) is 9.02. The summed E-state index contributed by atoms with van der Waals surface area (Å²) >= 11 is 3.25. The van der Waals surface area contributed by atoms with Crippen molar-refractivity contribution in [1.29, 1.82) is 0 Å². The molecule has 2 rings (SSSR count). The van der Waals surface area contributed by atoms with Crippen LogP contribution in [0.25, 0.3) is 0 Å². The number of nitrogens with one attached hydrogen (secondary N) is 2. The van der Waals surface area contributed by atoms with Crippen LogP contribution in [0.3, 0.4) is 0 Å². The number of carbonyl (C=O) groups is 1. The molecule has 19 heavy (non-hydrogen) atoms. The predicted molar refractivity (Wildman–Crippen MR) is 78.2 cm³/mol. The first kappa shape index (κ1) is 13.3. The fraction of sp³-hybridized carbons (Fsp3) is 0.0833. The Morgan fingerprint density at radius 2 is 1.84 bits per heavy atom. The van der Waals surface area contributed by atoms with Crippen molar-refractivity contribution in [2.45, 2.75) is 6.92 Å². The molecular weight excluding hydrogens is 310 g/mol. The van der Waals surface area contributed by atoms with E-state index in [4.69, 9.17) is 5.73 Å². The minimum Gasteiger partial charge on any atom is -0.383 e. The van der Waals surface area contributed by atoms with Gasteiger partial charge in [0.15, 0.2) is 0 Å². The van der Waals surface area contributed by atoms with Crippen molar-refractivity contribution in [3.63, 3.8) is 0 Å². The number of benzene rings is 1. The molecule has 1 aromatic carbocycles. The number of halogens is 1. The molecular formula is C12H12BrN5O. The Labute approximate surface area is 118 Å². The van der Waals surface area contributed by atoms with E-state index < -0.39 is 0 Å². The average Bonchev–Trinajstić information content (AvgIpc) is 2.29. The molecule has 0 aliphatic carbocycles. The third-order valence-electron chi connectivity index (χ3n) is 2.18. The van der Waals surface area contributed by atoms with Gasteiger partial charge in [-0.1, -0.05) is 0 Å². The normalized spacial score (nSPS) is 10.0. The maximum atomic E-state index is 10.9. The van der Waals surface area contributed by atoms with Gasteiger partial charge < -0.3 is 16.4 Å². The Balaban J connectivity index is 2.12. The highest BCUT2D eigenvalue weighted by molar-refractivity contribution is 9.10. The maximum Gasteiger partial charge on any atom is 0.230 e. The molecule has 0 unspecified atom stereocenters. The number of hydrogen-bond acceptors (Lipinski definition) is 5. The summed E-state index contributed by atoms with van der Waals surface area (Å²) in [6, 6.07) is 8.80. The molecule has 0 saturated heterocycles. The summed E-state index contributed by atoms with van der Waals surface area (Å²) in [5.74, 6) is 0.669.